The normalized spacial score (nSPS) is 10.5. The highest BCUT2D eigenvalue weighted by molar-refractivity contribution is 5.92. The molecule has 2 heterocycles. The van der Waals surface area contributed by atoms with E-state index in [9.17, 15) is 4.79 Å². The number of hydrogen-bond acceptors (Lipinski definition) is 5. The standard InChI is InChI=1S/C20H21N5O/c1-2-17-13-18(25-20(24-17)15-7-9-22-10-8-15)23-11-6-14-4-3-5-16(12-14)19(21)26/h3-5,7-10,12-13H,2,6,11H2,1H3,(H2,21,26)(H,23,24,25). The Kier molecular flexibility index (Phi) is 5.53. The molecule has 2 aromatic heterocycles. The fourth-order valence-corrected chi connectivity index (χ4v) is 2.61. The number of nitrogens with zero attached hydrogens (tertiary/aromatic N) is 3. The van der Waals surface area contributed by atoms with Gasteiger partial charge in [-0.15, -0.1) is 0 Å². The van der Waals surface area contributed by atoms with Crippen LogP contribution in [0.1, 0.15) is 28.5 Å². The number of aryl methyl sites for hydroxylation is 1. The van der Waals surface area contributed by atoms with Crippen molar-refractivity contribution in [2.75, 3.05) is 11.9 Å². The number of anilines is 1. The Bertz CT molecular complexity index is 896. The first-order chi connectivity index (χ1) is 12.7. The summed E-state index contributed by atoms with van der Waals surface area (Å²) in [5.74, 6) is 1.06. The predicted molar refractivity (Wildman–Crippen MR) is 102 cm³/mol. The van der Waals surface area contributed by atoms with Gasteiger partial charge in [0.15, 0.2) is 5.82 Å². The second kappa shape index (κ2) is 8.20. The van der Waals surface area contributed by atoms with E-state index in [0.29, 0.717) is 17.9 Å². The van der Waals surface area contributed by atoms with Crippen molar-refractivity contribution in [2.45, 2.75) is 19.8 Å². The highest BCUT2D eigenvalue weighted by Crippen LogP contribution is 2.17. The van der Waals surface area contributed by atoms with E-state index in [0.717, 1.165) is 35.5 Å². The van der Waals surface area contributed by atoms with Gasteiger partial charge in [0.2, 0.25) is 5.91 Å². The van der Waals surface area contributed by atoms with Gasteiger partial charge in [0, 0.05) is 41.8 Å². The van der Waals surface area contributed by atoms with Gasteiger partial charge >= 0.3 is 0 Å². The lowest BCUT2D eigenvalue weighted by Gasteiger charge is -2.10. The molecule has 6 heteroatoms. The number of aromatic nitrogens is 3. The fraction of sp³-hybridized carbons (Fsp3) is 0.200. The Morgan fingerprint density at radius 2 is 1.92 bits per heavy atom. The van der Waals surface area contributed by atoms with Crippen molar-refractivity contribution in [3.63, 3.8) is 0 Å². The summed E-state index contributed by atoms with van der Waals surface area (Å²) in [6.45, 7) is 2.76. The molecule has 3 rings (SSSR count). The topological polar surface area (TPSA) is 93.8 Å². The van der Waals surface area contributed by atoms with Crippen LogP contribution >= 0.6 is 0 Å². The molecular formula is C20H21N5O. The molecule has 0 saturated carbocycles. The number of amides is 1. The molecule has 6 nitrogen and oxygen atoms in total. The molecule has 3 aromatic rings. The molecule has 0 spiro atoms. The van der Waals surface area contributed by atoms with Crippen molar-refractivity contribution in [2.24, 2.45) is 5.73 Å². The predicted octanol–water partition coefficient (Wildman–Crippen LogP) is 2.85. The molecular weight excluding hydrogens is 326 g/mol. The van der Waals surface area contributed by atoms with Crippen molar-refractivity contribution < 1.29 is 4.79 Å². The summed E-state index contributed by atoms with van der Waals surface area (Å²) in [4.78, 5) is 24.5. The van der Waals surface area contributed by atoms with Crippen LogP contribution in [0.3, 0.4) is 0 Å². The Balaban J connectivity index is 1.72. The summed E-state index contributed by atoms with van der Waals surface area (Å²) in [6, 6.07) is 13.1. The molecule has 0 saturated heterocycles. The number of pyridine rings is 1. The van der Waals surface area contributed by atoms with Crippen LogP contribution in [0.15, 0.2) is 54.9 Å². The van der Waals surface area contributed by atoms with E-state index >= 15 is 0 Å². The first-order valence-corrected chi connectivity index (χ1v) is 8.56. The summed E-state index contributed by atoms with van der Waals surface area (Å²) in [7, 11) is 0. The Labute approximate surface area is 152 Å². The van der Waals surface area contributed by atoms with Crippen LogP contribution in [0, 0.1) is 0 Å². The number of hydrogen-bond donors (Lipinski definition) is 2. The van der Waals surface area contributed by atoms with Crippen LogP contribution in [-0.4, -0.2) is 27.4 Å². The third kappa shape index (κ3) is 4.42. The van der Waals surface area contributed by atoms with Crippen LogP contribution in [0.25, 0.3) is 11.4 Å². The van der Waals surface area contributed by atoms with Gasteiger partial charge in [0.05, 0.1) is 0 Å². The van der Waals surface area contributed by atoms with E-state index in [4.69, 9.17) is 5.73 Å². The van der Waals surface area contributed by atoms with Crippen LogP contribution in [0.5, 0.6) is 0 Å². The minimum absolute atomic E-state index is 0.412. The van der Waals surface area contributed by atoms with Crippen LogP contribution in [0.4, 0.5) is 5.82 Å². The molecule has 1 aromatic carbocycles. The lowest BCUT2D eigenvalue weighted by Crippen LogP contribution is -2.12. The SMILES string of the molecule is CCc1cc(NCCc2cccc(C(N)=O)c2)nc(-c2ccncc2)n1. The molecule has 0 aliphatic heterocycles. The van der Waals surface area contributed by atoms with E-state index in [1.54, 1.807) is 18.5 Å². The maximum Gasteiger partial charge on any atom is 0.248 e. The minimum atomic E-state index is -0.412. The Morgan fingerprint density at radius 3 is 2.65 bits per heavy atom. The van der Waals surface area contributed by atoms with Gasteiger partial charge in [-0.3, -0.25) is 9.78 Å². The Morgan fingerprint density at radius 1 is 1.12 bits per heavy atom. The molecule has 0 aliphatic carbocycles. The highest BCUT2D eigenvalue weighted by atomic mass is 16.1. The smallest absolute Gasteiger partial charge is 0.248 e. The lowest BCUT2D eigenvalue weighted by molar-refractivity contribution is 0.1000. The van der Waals surface area contributed by atoms with E-state index < -0.39 is 5.91 Å². The summed E-state index contributed by atoms with van der Waals surface area (Å²) >= 11 is 0. The number of nitrogens with two attached hydrogens (primary N) is 1. The molecule has 0 aliphatic rings. The van der Waals surface area contributed by atoms with Gasteiger partial charge in [-0.2, -0.15) is 0 Å². The van der Waals surface area contributed by atoms with E-state index in [1.807, 2.05) is 36.4 Å². The number of rotatable bonds is 7. The van der Waals surface area contributed by atoms with Crippen LogP contribution < -0.4 is 11.1 Å². The molecule has 0 atom stereocenters. The average Bonchev–Trinajstić information content (AvgIpc) is 2.68. The quantitative estimate of drug-likeness (QED) is 0.685. The van der Waals surface area contributed by atoms with Crippen molar-refractivity contribution in [3.05, 3.63) is 71.7 Å². The second-order valence-corrected chi connectivity index (χ2v) is 5.90. The molecule has 26 heavy (non-hydrogen) atoms. The van der Waals surface area contributed by atoms with Gasteiger partial charge in [-0.05, 0) is 42.7 Å². The third-order valence-electron chi connectivity index (χ3n) is 4.01. The van der Waals surface area contributed by atoms with E-state index in [2.05, 4.69) is 27.2 Å². The number of benzene rings is 1. The zero-order chi connectivity index (χ0) is 18.4. The van der Waals surface area contributed by atoms with Gasteiger partial charge in [0.1, 0.15) is 5.82 Å². The Hall–Kier alpha value is -3.28. The average molecular weight is 347 g/mol. The zero-order valence-electron chi connectivity index (χ0n) is 14.6. The molecule has 132 valence electrons. The third-order valence-corrected chi connectivity index (χ3v) is 4.01. The van der Waals surface area contributed by atoms with Crippen molar-refractivity contribution in [1.82, 2.24) is 15.0 Å². The molecule has 0 bridgehead atoms. The van der Waals surface area contributed by atoms with Crippen molar-refractivity contribution in [1.29, 1.82) is 0 Å². The number of primary amides is 1. The molecule has 3 N–H and O–H groups in total. The molecule has 1 amide bonds. The molecule has 0 fully saturated rings. The van der Waals surface area contributed by atoms with E-state index in [1.165, 1.54) is 0 Å². The highest BCUT2D eigenvalue weighted by Gasteiger charge is 2.06. The maximum absolute atomic E-state index is 11.3. The number of carbonyl (C=O) groups excluding carboxylic acids is 1. The summed E-state index contributed by atoms with van der Waals surface area (Å²) in [6.07, 6.45) is 5.05. The number of carbonyl (C=O) groups is 1. The van der Waals surface area contributed by atoms with Gasteiger partial charge in [-0.1, -0.05) is 19.1 Å². The van der Waals surface area contributed by atoms with Crippen LogP contribution in [0.2, 0.25) is 0 Å². The number of nitrogens with one attached hydrogen (secondary N) is 1. The van der Waals surface area contributed by atoms with Gasteiger partial charge < -0.3 is 11.1 Å². The minimum Gasteiger partial charge on any atom is -0.370 e. The van der Waals surface area contributed by atoms with Gasteiger partial charge in [-0.25, -0.2) is 9.97 Å². The maximum atomic E-state index is 11.3. The summed E-state index contributed by atoms with van der Waals surface area (Å²) in [5, 5.41) is 3.34. The second-order valence-electron chi connectivity index (χ2n) is 5.90. The fourth-order valence-electron chi connectivity index (χ4n) is 2.61. The van der Waals surface area contributed by atoms with Crippen LogP contribution in [-0.2, 0) is 12.8 Å². The lowest BCUT2D eigenvalue weighted by atomic mass is 10.1. The van der Waals surface area contributed by atoms with E-state index in [-0.39, 0.29) is 0 Å². The molecule has 0 radical (unpaired) electrons. The summed E-state index contributed by atoms with van der Waals surface area (Å²) < 4.78 is 0. The van der Waals surface area contributed by atoms with Crippen molar-refractivity contribution >= 4 is 11.7 Å². The van der Waals surface area contributed by atoms with Gasteiger partial charge in [0.25, 0.3) is 0 Å². The first kappa shape index (κ1) is 17.5. The molecule has 0 unspecified atom stereocenters. The van der Waals surface area contributed by atoms with Crippen molar-refractivity contribution in [3.8, 4) is 11.4 Å². The zero-order valence-corrected chi connectivity index (χ0v) is 14.6. The first-order valence-electron chi connectivity index (χ1n) is 8.56. The summed E-state index contributed by atoms with van der Waals surface area (Å²) in [5.41, 5.74) is 8.82. The largest absolute Gasteiger partial charge is 0.370 e. The monoisotopic (exact) mass is 347 g/mol.